The second kappa shape index (κ2) is 8.91. The molecule has 70 valence electrons. The molecule has 0 heterocycles. The molecule has 0 aromatic heterocycles. The van der Waals surface area contributed by atoms with Gasteiger partial charge in [-0.1, -0.05) is 0 Å². The molecule has 0 bridgehead atoms. The summed E-state index contributed by atoms with van der Waals surface area (Å²) in [6.07, 6.45) is 0. The summed E-state index contributed by atoms with van der Waals surface area (Å²) in [5, 5.41) is 0. The van der Waals surface area contributed by atoms with E-state index in [2.05, 4.69) is 0 Å². The molecule has 8 nitrogen and oxygen atoms in total. The Labute approximate surface area is 90.1 Å². The molecule has 0 aliphatic carbocycles. The third kappa shape index (κ3) is 678. The first-order chi connectivity index (χ1) is 4.00. The van der Waals surface area contributed by atoms with Gasteiger partial charge in [0.05, 0.1) is 0 Å². The summed E-state index contributed by atoms with van der Waals surface area (Å²) in [4.78, 5) is 47.2. The van der Waals surface area contributed by atoms with Crippen molar-refractivity contribution in [3.8, 4) is 0 Å². The molecular weight excluding hydrogens is 253 g/mol. The summed E-state index contributed by atoms with van der Waals surface area (Å²) >= 11 is 0. The zero-order valence-corrected chi connectivity index (χ0v) is 8.52. The summed E-state index contributed by atoms with van der Waals surface area (Å²) in [5.74, 6) is 0. The van der Waals surface area contributed by atoms with E-state index in [1.807, 2.05) is 0 Å². The Balaban J connectivity index is -0.0000000457. The molecule has 0 aromatic rings. The van der Waals surface area contributed by atoms with E-state index in [4.69, 9.17) is 38.5 Å². The number of phosphoric acid groups is 2. The number of hydrogen-bond acceptors (Lipinski definition) is 5. The quantitative estimate of drug-likeness (QED) is 0.284. The molecule has 0 aromatic carbocycles. The first-order valence-electron chi connectivity index (χ1n) is 1.51. The van der Waals surface area contributed by atoms with Crippen molar-refractivity contribution in [3.05, 3.63) is 0 Å². The van der Waals surface area contributed by atoms with E-state index in [0.717, 1.165) is 0 Å². The molecule has 0 fully saturated rings. The van der Waals surface area contributed by atoms with Crippen molar-refractivity contribution in [3.63, 3.8) is 0 Å². The van der Waals surface area contributed by atoms with Crippen LogP contribution in [0.2, 0.25) is 0 Å². The van der Waals surface area contributed by atoms with Gasteiger partial charge in [0.1, 0.15) is 0 Å². The molecule has 0 radical (unpaired) electrons. The fourth-order valence-corrected chi connectivity index (χ4v) is 0. The normalized spacial score (nSPS) is 9.83. The molecule has 0 amide bonds. The maximum Gasteiger partial charge on any atom is 2.00 e. The molecule has 12 heavy (non-hydrogen) atoms. The Morgan fingerprint density at radius 1 is 0.917 bits per heavy atom. The van der Waals surface area contributed by atoms with Crippen LogP contribution in [0.4, 0.5) is 0 Å². The van der Waals surface area contributed by atoms with Gasteiger partial charge in [-0.2, -0.15) is 7.82 Å². The topological polar surface area (TPSA) is 164 Å². The van der Waals surface area contributed by atoms with Crippen molar-refractivity contribution in [1.82, 2.24) is 0 Å². The van der Waals surface area contributed by atoms with E-state index in [9.17, 15) is 0 Å². The molecule has 12 heteroatoms. The van der Waals surface area contributed by atoms with Crippen LogP contribution in [0.25, 0.3) is 0 Å². The van der Waals surface area contributed by atoms with Crippen LogP contribution in [-0.2, 0) is 26.2 Å². The molecular formula is H3FeLiO8P2. The smallest absolute Gasteiger partial charge is 0.822 e. The molecule has 0 aliphatic rings. The fraction of sp³-hybridized carbons (Fsp3) is 0. The third-order valence-electron chi connectivity index (χ3n) is 0. The monoisotopic (exact) mass is 256 g/mol. The SMILES string of the molecule is O=P(O)(O)O.O=P([O-])([O-])[O-].[Fe+2].[Li+]. The first-order valence-corrected chi connectivity index (χ1v) is 4.54. The molecule has 0 saturated carbocycles. The van der Waals surface area contributed by atoms with Crippen molar-refractivity contribution in [2.24, 2.45) is 0 Å². The number of hydrogen-bond donors (Lipinski definition) is 3. The molecule has 0 atom stereocenters. The van der Waals surface area contributed by atoms with E-state index in [-0.39, 0.29) is 35.9 Å². The van der Waals surface area contributed by atoms with Crippen molar-refractivity contribution in [2.45, 2.75) is 0 Å². The maximum atomic E-state index is 8.88. The van der Waals surface area contributed by atoms with Gasteiger partial charge < -0.3 is 33.9 Å². The predicted octanol–water partition coefficient (Wildman–Crippen LogP) is -6.75. The van der Waals surface area contributed by atoms with E-state index >= 15 is 0 Å². The molecule has 0 unspecified atom stereocenters. The van der Waals surface area contributed by atoms with Crippen LogP contribution in [-0.4, -0.2) is 14.7 Å². The van der Waals surface area contributed by atoms with Gasteiger partial charge in [0.2, 0.25) is 0 Å². The molecule has 0 spiro atoms. The average Bonchev–Trinajstić information content (AvgIpc) is 1.12. The summed E-state index contributed by atoms with van der Waals surface area (Å²) in [6.45, 7) is 0. The van der Waals surface area contributed by atoms with Gasteiger partial charge in [-0.05, 0) is 0 Å². The minimum absolute atomic E-state index is 0. The molecule has 0 saturated heterocycles. The standard InChI is InChI=1S/Fe.Li.2H3O4P/c;;2*1-5(2,3)4/h;;2*(H3,1,2,3,4)/q+2;+1;;/p-3. The second-order valence-corrected chi connectivity index (χ2v) is 2.88. The van der Waals surface area contributed by atoms with Gasteiger partial charge in [-0.15, -0.1) is 0 Å². The van der Waals surface area contributed by atoms with Gasteiger partial charge in [0.25, 0.3) is 0 Å². The summed E-state index contributed by atoms with van der Waals surface area (Å²) in [5.41, 5.74) is 0. The van der Waals surface area contributed by atoms with Crippen molar-refractivity contribution < 1.29 is 74.4 Å². The molecule has 0 rings (SSSR count). The number of rotatable bonds is 0. The third-order valence-corrected chi connectivity index (χ3v) is 0. The zero-order chi connectivity index (χ0) is 9.00. The van der Waals surface area contributed by atoms with Crippen LogP contribution >= 0.6 is 15.6 Å². The predicted molar refractivity (Wildman–Crippen MR) is 21.9 cm³/mol. The minimum Gasteiger partial charge on any atom is -0.822 e. The Bertz CT molecular complexity index is 129. The fourth-order valence-electron chi connectivity index (χ4n) is 0. The van der Waals surface area contributed by atoms with Crippen LogP contribution < -0.4 is 33.5 Å². The second-order valence-electron chi connectivity index (χ2n) is 0.960. The van der Waals surface area contributed by atoms with Gasteiger partial charge in [0, 0.05) is 0 Å². The van der Waals surface area contributed by atoms with Crippen LogP contribution in [0.1, 0.15) is 0 Å². The summed E-state index contributed by atoms with van der Waals surface area (Å²) in [7, 11) is -10.0. The van der Waals surface area contributed by atoms with Gasteiger partial charge >= 0.3 is 43.8 Å². The Kier molecular flexibility index (Phi) is 17.3. The largest absolute Gasteiger partial charge is 2.00 e. The zero-order valence-electron chi connectivity index (χ0n) is 5.63. The summed E-state index contributed by atoms with van der Waals surface area (Å²) < 4.78 is 17.4. The Hall–Kier alpha value is 1.34. The van der Waals surface area contributed by atoms with Crippen LogP contribution in [0.15, 0.2) is 0 Å². The summed E-state index contributed by atoms with van der Waals surface area (Å²) in [6, 6.07) is 0. The van der Waals surface area contributed by atoms with E-state index in [1.165, 1.54) is 0 Å². The molecule has 3 N–H and O–H groups in total. The maximum absolute atomic E-state index is 8.88. The Morgan fingerprint density at radius 2 is 0.917 bits per heavy atom. The van der Waals surface area contributed by atoms with Crippen molar-refractivity contribution in [1.29, 1.82) is 0 Å². The van der Waals surface area contributed by atoms with E-state index in [1.54, 1.807) is 0 Å². The van der Waals surface area contributed by atoms with Crippen molar-refractivity contribution in [2.75, 3.05) is 0 Å². The van der Waals surface area contributed by atoms with Crippen LogP contribution in [0.5, 0.6) is 0 Å². The van der Waals surface area contributed by atoms with E-state index < -0.39 is 15.6 Å². The Morgan fingerprint density at radius 3 is 0.917 bits per heavy atom. The molecule has 0 aliphatic heterocycles. The van der Waals surface area contributed by atoms with Gasteiger partial charge in [0.15, 0.2) is 0 Å². The van der Waals surface area contributed by atoms with Gasteiger partial charge in [-0.3, -0.25) is 0 Å². The van der Waals surface area contributed by atoms with Gasteiger partial charge in [-0.25, -0.2) is 4.57 Å². The first kappa shape index (κ1) is 23.3. The van der Waals surface area contributed by atoms with Crippen LogP contribution in [0.3, 0.4) is 0 Å². The minimum atomic E-state index is -5.39. The van der Waals surface area contributed by atoms with Crippen molar-refractivity contribution >= 4 is 15.6 Å². The van der Waals surface area contributed by atoms with E-state index in [0.29, 0.717) is 0 Å². The van der Waals surface area contributed by atoms with Crippen LogP contribution in [0, 0.1) is 0 Å². The average molecular weight is 256 g/mol.